The van der Waals surface area contributed by atoms with E-state index in [4.69, 9.17) is 12.2 Å². The summed E-state index contributed by atoms with van der Waals surface area (Å²) in [4.78, 5) is 0. The SMILES string of the molecule is C#CCNCCCN.Cc1ccccc1. The first-order chi connectivity index (χ1) is 7.31. The number of hydrogen-bond donors (Lipinski definition) is 2. The van der Waals surface area contributed by atoms with E-state index in [9.17, 15) is 0 Å². The first kappa shape index (κ1) is 13.7. The predicted molar refractivity (Wildman–Crippen MR) is 66.6 cm³/mol. The molecule has 0 unspecified atom stereocenters. The van der Waals surface area contributed by atoms with Crippen LogP contribution in [0.25, 0.3) is 0 Å². The van der Waals surface area contributed by atoms with Gasteiger partial charge in [-0.15, -0.1) is 6.42 Å². The van der Waals surface area contributed by atoms with E-state index >= 15 is 0 Å². The topological polar surface area (TPSA) is 38.0 Å². The van der Waals surface area contributed by atoms with Crippen molar-refractivity contribution in [2.24, 2.45) is 5.73 Å². The predicted octanol–water partition coefficient (Wildman–Crippen LogP) is 1.55. The van der Waals surface area contributed by atoms with Gasteiger partial charge < -0.3 is 11.1 Å². The van der Waals surface area contributed by atoms with Gasteiger partial charge in [-0.05, 0) is 26.4 Å². The van der Waals surface area contributed by atoms with E-state index in [2.05, 4.69) is 30.3 Å². The summed E-state index contributed by atoms with van der Waals surface area (Å²) in [6.45, 7) is 4.40. The number of aryl methyl sites for hydroxylation is 1. The molecule has 0 spiro atoms. The second kappa shape index (κ2) is 10.8. The maximum atomic E-state index is 5.22. The fourth-order valence-corrected chi connectivity index (χ4v) is 0.922. The highest BCUT2D eigenvalue weighted by Crippen LogP contribution is 1.92. The molecule has 0 radical (unpaired) electrons. The standard InChI is InChI=1S/C7H8.C6H12N2/c1-7-5-3-2-4-6-7;1-2-5-8-6-3-4-7/h2-6H,1H3;1,8H,3-7H2. The van der Waals surface area contributed by atoms with Gasteiger partial charge in [-0.3, -0.25) is 0 Å². The lowest BCUT2D eigenvalue weighted by Crippen LogP contribution is -2.17. The van der Waals surface area contributed by atoms with Crippen LogP contribution in [0.2, 0.25) is 0 Å². The molecule has 1 rings (SSSR count). The van der Waals surface area contributed by atoms with Crippen LogP contribution in [0.3, 0.4) is 0 Å². The van der Waals surface area contributed by atoms with Gasteiger partial charge in [0.25, 0.3) is 0 Å². The molecule has 0 aliphatic rings. The maximum Gasteiger partial charge on any atom is 0.0573 e. The van der Waals surface area contributed by atoms with Crippen LogP contribution in [0.1, 0.15) is 12.0 Å². The van der Waals surface area contributed by atoms with Crippen molar-refractivity contribution >= 4 is 0 Å². The van der Waals surface area contributed by atoms with Gasteiger partial charge in [0.2, 0.25) is 0 Å². The Morgan fingerprint density at radius 3 is 2.40 bits per heavy atom. The lowest BCUT2D eigenvalue weighted by atomic mass is 10.2. The Hall–Kier alpha value is -1.30. The highest BCUT2D eigenvalue weighted by Gasteiger charge is 1.79. The second-order valence-electron chi connectivity index (χ2n) is 3.18. The van der Waals surface area contributed by atoms with E-state index < -0.39 is 0 Å². The van der Waals surface area contributed by atoms with Crippen molar-refractivity contribution in [3.8, 4) is 12.3 Å². The zero-order valence-corrected chi connectivity index (χ0v) is 9.37. The van der Waals surface area contributed by atoms with Gasteiger partial charge in [-0.2, -0.15) is 0 Å². The Balaban J connectivity index is 0.000000262. The van der Waals surface area contributed by atoms with E-state index in [1.807, 2.05) is 18.2 Å². The molecule has 3 N–H and O–H groups in total. The van der Waals surface area contributed by atoms with E-state index in [0.29, 0.717) is 6.54 Å². The quantitative estimate of drug-likeness (QED) is 0.577. The van der Waals surface area contributed by atoms with Crippen LogP contribution in [0.15, 0.2) is 30.3 Å². The Labute approximate surface area is 92.9 Å². The second-order valence-corrected chi connectivity index (χ2v) is 3.18. The molecule has 0 atom stereocenters. The monoisotopic (exact) mass is 204 g/mol. The minimum absolute atomic E-state index is 0.653. The normalized spacial score (nSPS) is 8.60. The number of terminal acetylenes is 1. The van der Waals surface area contributed by atoms with Gasteiger partial charge in [-0.1, -0.05) is 41.8 Å². The van der Waals surface area contributed by atoms with Gasteiger partial charge in [0, 0.05) is 0 Å². The first-order valence-electron chi connectivity index (χ1n) is 5.17. The molecule has 0 heterocycles. The van der Waals surface area contributed by atoms with Gasteiger partial charge in [0.15, 0.2) is 0 Å². The van der Waals surface area contributed by atoms with Crippen LogP contribution in [-0.2, 0) is 0 Å². The van der Waals surface area contributed by atoms with E-state index in [1.54, 1.807) is 0 Å². The van der Waals surface area contributed by atoms with Gasteiger partial charge in [0.1, 0.15) is 0 Å². The molecule has 82 valence electrons. The van der Waals surface area contributed by atoms with Crippen LogP contribution in [0, 0.1) is 19.3 Å². The summed E-state index contributed by atoms with van der Waals surface area (Å²) < 4.78 is 0. The maximum absolute atomic E-state index is 5.22. The smallest absolute Gasteiger partial charge is 0.0573 e. The molecule has 0 amide bonds. The summed E-state index contributed by atoms with van der Waals surface area (Å²) in [5.41, 5.74) is 6.54. The summed E-state index contributed by atoms with van der Waals surface area (Å²) >= 11 is 0. The molecule has 2 heteroatoms. The minimum Gasteiger partial charge on any atom is -0.330 e. The fourth-order valence-electron chi connectivity index (χ4n) is 0.922. The Morgan fingerprint density at radius 2 is 2.00 bits per heavy atom. The Kier molecular flexibility index (Phi) is 9.84. The van der Waals surface area contributed by atoms with E-state index in [0.717, 1.165) is 19.5 Å². The number of nitrogens with two attached hydrogens (primary N) is 1. The van der Waals surface area contributed by atoms with Gasteiger partial charge in [0.05, 0.1) is 6.54 Å². The Bertz CT molecular complexity index is 262. The molecule has 0 aliphatic heterocycles. The summed E-state index contributed by atoms with van der Waals surface area (Å²) in [6, 6.07) is 10.3. The zero-order chi connectivity index (χ0) is 11.4. The third-order valence-electron chi connectivity index (χ3n) is 1.73. The van der Waals surface area contributed by atoms with E-state index in [1.165, 1.54) is 5.56 Å². The summed E-state index contributed by atoms with van der Waals surface area (Å²) in [7, 11) is 0. The molecule has 0 aliphatic carbocycles. The minimum atomic E-state index is 0.653. The van der Waals surface area contributed by atoms with Crippen LogP contribution in [-0.4, -0.2) is 19.6 Å². The number of benzene rings is 1. The molecule has 0 bridgehead atoms. The third kappa shape index (κ3) is 10.6. The van der Waals surface area contributed by atoms with Crippen molar-refractivity contribution in [2.75, 3.05) is 19.6 Å². The fraction of sp³-hybridized carbons (Fsp3) is 0.385. The molecule has 15 heavy (non-hydrogen) atoms. The summed E-state index contributed by atoms with van der Waals surface area (Å²) in [5.74, 6) is 2.47. The molecule has 0 saturated carbocycles. The molecule has 0 saturated heterocycles. The lowest BCUT2D eigenvalue weighted by Gasteiger charge is -1.94. The average molecular weight is 204 g/mol. The number of nitrogens with one attached hydrogen (secondary N) is 1. The first-order valence-corrected chi connectivity index (χ1v) is 5.17. The van der Waals surface area contributed by atoms with Crippen molar-refractivity contribution in [2.45, 2.75) is 13.3 Å². The highest BCUT2D eigenvalue weighted by atomic mass is 14.8. The van der Waals surface area contributed by atoms with Crippen molar-refractivity contribution in [3.05, 3.63) is 35.9 Å². The van der Waals surface area contributed by atoms with Crippen molar-refractivity contribution in [1.29, 1.82) is 0 Å². The lowest BCUT2D eigenvalue weighted by molar-refractivity contribution is 0.706. The van der Waals surface area contributed by atoms with Crippen LogP contribution in [0.4, 0.5) is 0 Å². The van der Waals surface area contributed by atoms with Crippen LogP contribution >= 0.6 is 0 Å². The molecule has 0 fully saturated rings. The Morgan fingerprint density at radius 1 is 1.33 bits per heavy atom. The van der Waals surface area contributed by atoms with Crippen LogP contribution < -0.4 is 11.1 Å². The van der Waals surface area contributed by atoms with Crippen molar-refractivity contribution in [1.82, 2.24) is 5.32 Å². The summed E-state index contributed by atoms with van der Waals surface area (Å²) in [6.07, 6.45) is 5.97. The average Bonchev–Trinajstić information content (AvgIpc) is 2.27. The number of rotatable bonds is 4. The van der Waals surface area contributed by atoms with Gasteiger partial charge in [-0.25, -0.2) is 0 Å². The molecular weight excluding hydrogens is 184 g/mol. The van der Waals surface area contributed by atoms with Crippen LogP contribution in [0.5, 0.6) is 0 Å². The molecule has 0 aromatic heterocycles. The van der Waals surface area contributed by atoms with E-state index in [-0.39, 0.29) is 0 Å². The van der Waals surface area contributed by atoms with Crippen molar-refractivity contribution < 1.29 is 0 Å². The molecule has 1 aromatic carbocycles. The zero-order valence-electron chi connectivity index (χ0n) is 9.37. The largest absolute Gasteiger partial charge is 0.330 e. The molecule has 2 nitrogen and oxygen atoms in total. The molecule has 1 aromatic rings. The highest BCUT2D eigenvalue weighted by molar-refractivity contribution is 5.11. The third-order valence-corrected chi connectivity index (χ3v) is 1.73. The van der Waals surface area contributed by atoms with Crippen molar-refractivity contribution in [3.63, 3.8) is 0 Å². The summed E-state index contributed by atoms with van der Waals surface area (Å²) in [5, 5.41) is 3.02. The van der Waals surface area contributed by atoms with Gasteiger partial charge >= 0.3 is 0 Å². The number of hydrogen-bond acceptors (Lipinski definition) is 2. The molecular formula is C13H20N2.